The lowest BCUT2D eigenvalue weighted by Gasteiger charge is -2.38. The van der Waals surface area contributed by atoms with Crippen molar-refractivity contribution in [1.29, 1.82) is 0 Å². The second-order valence-corrected chi connectivity index (χ2v) is 7.35. The molecule has 1 aromatic heterocycles. The molecular weight excluding hydrogens is 394 g/mol. The molecular formula is C24H29N3O4. The summed E-state index contributed by atoms with van der Waals surface area (Å²) in [6.07, 6.45) is 12.5. The Hall–Kier alpha value is -3.48. The predicted octanol–water partition coefficient (Wildman–Crippen LogP) is 3.82. The largest absolute Gasteiger partial charge is 0.501 e. The number of rotatable bonds is 9. The van der Waals surface area contributed by atoms with E-state index < -0.39 is 0 Å². The van der Waals surface area contributed by atoms with E-state index in [-0.39, 0.29) is 24.3 Å². The van der Waals surface area contributed by atoms with Crippen molar-refractivity contribution in [2.75, 3.05) is 20.8 Å². The van der Waals surface area contributed by atoms with E-state index in [0.29, 0.717) is 24.4 Å². The summed E-state index contributed by atoms with van der Waals surface area (Å²) >= 11 is 0. The molecule has 2 amide bonds. The lowest BCUT2D eigenvalue weighted by Crippen LogP contribution is -2.42. The fourth-order valence-electron chi connectivity index (χ4n) is 3.70. The van der Waals surface area contributed by atoms with Gasteiger partial charge in [0.1, 0.15) is 11.5 Å². The molecule has 31 heavy (non-hydrogen) atoms. The molecule has 2 aliphatic rings. The molecule has 0 radical (unpaired) electrons. The summed E-state index contributed by atoms with van der Waals surface area (Å²) in [5.74, 6) is 1.28. The van der Waals surface area contributed by atoms with Crippen LogP contribution in [0.2, 0.25) is 0 Å². The number of aromatic nitrogens is 1. The van der Waals surface area contributed by atoms with E-state index in [1.807, 2.05) is 42.0 Å². The second-order valence-electron chi connectivity index (χ2n) is 7.35. The highest BCUT2D eigenvalue weighted by atomic mass is 16.5. The van der Waals surface area contributed by atoms with Crippen LogP contribution in [0.1, 0.15) is 42.7 Å². The SMILES string of the molecule is C=C/C(=C\C=C(/C)OC)NC(=O)CCCN1C(=O)c2cccn2C2CC=C(OC)C=C21. The molecule has 1 aliphatic carbocycles. The van der Waals surface area contributed by atoms with Gasteiger partial charge >= 0.3 is 0 Å². The Kier molecular flexibility index (Phi) is 7.18. The third-order valence-electron chi connectivity index (χ3n) is 5.41. The van der Waals surface area contributed by atoms with Crippen molar-refractivity contribution in [3.8, 4) is 0 Å². The first-order valence-electron chi connectivity index (χ1n) is 10.3. The van der Waals surface area contributed by atoms with Crippen LogP contribution in [-0.4, -0.2) is 42.0 Å². The Morgan fingerprint density at radius 2 is 2.16 bits per heavy atom. The van der Waals surface area contributed by atoms with Crippen LogP contribution in [0.25, 0.3) is 0 Å². The van der Waals surface area contributed by atoms with Gasteiger partial charge in [-0.3, -0.25) is 9.59 Å². The first kappa shape index (κ1) is 22.2. The number of methoxy groups -OCH3 is 2. The van der Waals surface area contributed by atoms with Crippen LogP contribution in [0.3, 0.4) is 0 Å². The number of nitrogens with one attached hydrogen (secondary N) is 1. The summed E-state index contributed by atoms with van der Waals surface area (Å²) in [5, 5.41) is 2.83. The summed E-state index contributed by atoms with van der Waals surface area (Å²) in [4.78, 5) is 27.2. The zero-order valence-corrected chi connectivity index (χ0v) is 18.3. The molecule has 1 unspecified atom stereocenters. The van der Waals surface area contributed by atoms with E-state index in [1.165, 1.54) is 0 Å². The van der Waals surface area contributed by atoms with Crippen molar-refractivity contribution in [3.63, 3.8) is 0 Å². The van der Waals surface area contributed by atoms with Crippen molar-refractivity contribution in [2.45, 2.75) is 32.2 Å². The smallest absolute Gasteiger partial charge is 0.274 e. The van der Waals surface area contributed by atoms with Crippen LogP contribution in [0, 0.1) is 0 Å². The summed E-state index contributed by atoms with van der Waals surface area (Å²) in [5.41, 5.74) is 2.16. The Labute approximate surface area is 183 Å². The van der Waals surface area contributed by atoms with Gasteiger partial charge in [0.2, 0.25) is 5.91 Å². The molecule has 1 aromatic rings. The topological polar surface area (TPSA) is 72.8 Å². The van der Waals surface area contributed by atoms with Crippen LogP contribution in [0.15, 0.2) is 78.2 Å². The third kappa shape index (κ3) is 4.99. The van der Waals surface area contributed by atoms with E-state index in [1.54, 1.807) is 37.3 Å². The average Bonchev–Trinajstić information content (AvgIpc) is 3.28. The number of ether oxygens (including phenoxy) is 2. The van der Waals surface area contributed by atoms with Crippen LogP contribution in [-0.2, 0) is 14.3 Å². The molecule has 1 N–H and O–H groups in total. The van der Waals surface area contributed by atoms with E-state index in [4.69, 9.17) is 9.47 Å². The Bertz CT molecular complexity index is 981. The zero-order chi connectivity index (χ0) is 22.4. The number of fused-ring (bicyclic) bond motifs is 3. The maximum atomic E-state index is 13.1. The molecule has 164 valence electrons. The van der Waals surface area contributed by atoms with E-state index in [0.717, 1.165) is 23.6 Å². The van der Waals surface area contributed by atoms with Gasteiger partial charge in [-0.1, -0.05) is 6.58 Å². The Balaban J connectivity index is 1.66. The van der Waals surface area contributed by atoms with Crippen molar-refractivity contribution in [2.24, 2.45) is 0 Å². The molecule has 0 aromatic carbocycles. The normalized spacial score (nSPS) is 18.5. The molecule has 0 saturated carbocycles. The highest BCUT2D eigenvalue weighted by Crippen LogP contribution is 2.37. The summed E-state index contributed by atoms with van der Waals surface area (Å²) < 4.78 is 12.5. The molecule has 0 bridgehead atoms. The molecule has 0 spiro atoms. The highest BCUT2D eigenvalue weighted by molar-refractivity contribution is 5.95. The van der Waals surface area contributed by atoms with Crippen LogP contribution in [0.4, 0.5) is 0 Å². The minimum Gasteiger partial charge on any atom is -0.501 e. The number of amides is 2. The lowest BCUT2D eigenvalue weighted by molar-refractivity contribution is -0.120. The molecule has 2 heterocycles. The Morgan fingerprint density at radius 3 is 2.87 bits per heavy atom. The summed E-state index contributed by atoms with van der Waals surface area (Å²) in [6, 6.07) is 3.78. The van der Waals surface area contributed by atoms with Gasteiger partial charge in [0.15, 0.2) is 0 Å². The van der Waals surface area contributed by atoms with Crippen molar-refractivity contribution in [3.05, 3.63) is 83.9 Å². The number of nitrogens with zero attached hydrogens (tertiary/aromatic N) is 2. The van der Waals surface area contributed by atoms with Crippen molar-refractivity contribution < 1.29 is 19.1 Å². The quantitative estimate of drug-likeness (QED) is 0.484. The van der Waals surface area contributed by atoms with Gasteiger partial charge in [0.25, 0.3) is 5.91 Å². The average molecular weight is 424 g/mol. The number of carbonyl (C=O) groups excluding carboxylic acids is 2. The predicted molar refractivity (Wildman–Crippen MR) is 119 cm³/mol. The van der Waals surface area contributed by atoms with Crippen molar-refractivity contribution >= 4 is 11.8 Å². The maximum absolute atomic E-state index is 13.1. The van der Waals surface area contributed by atoms with E-state index in [9.17, 15) is 9.59 Å². The van der Waals surface area contributed by atoms with Gasteiger partial charge in [-0.05, 0) is 56.2 Å². The minimum absolute atomic E-state index is 0.0570. The molecule has 1 atom stereocenters. The molecule has 0 fully saturated rings. The van der Waals surface area contributed by atoms with E-state index in [2.05, 4.69) is 11.9 Å². The van der Waals surface area contributed by atoms with Gasteiger partial charge < -0.3 is 24.3 Å². The number of allylic oxidation sites excluding steroid dienone is 7. The number of hydrogen-bond donors (Lipinski definition) is 1. The second kappa shape index (κ2) is 10.0. The fraction of sp³-hybridized carbons (Fsp3) is 0.333. The molecule has 7 nitrogen and oxygen atoms in total. The summed E-state index contributed by atoms with van der Waals surface area (Å²) in [6.45, 7) is 6.00. The third-order valence-corrected chi connectivity index (χ3v) is 5.41. The molecule has 0 saturated heterocycles. The lowest BCUT2D eigenvalue weighted by atomic mass is 9.98. The molecule has 1 aliphatic heterocycles. The number of carbonyl (C=O) groups is 2. The van der Waals surface area contributed by atoms with Gasteiger partial charge in [-0.2, -0.15) is 0 Å². The zero-order valence-electron chi connectivity index (χ0n) is 18.3. The van der Waals surface area contributed by atoms with Gasteiger partial charge in [0, 0.05) is 36.6 Å². The Morgan fingerprint density at radius 1 is 1.35 bits per heavy atom. The standard InChI is InChI=1S/C24H29N3O4/c1-5-18(11-10-17(2)30-3)25-23(28)9-7-15-27-22-16-19(31-4)12-13-20(22)26-14-6-8-21(26)24(27)29/h5-6,8,10-12,14,16,20H,1,7,9,13,15H2,2-4H3,(H,25,28)/b17-10+,18-11+. The minimum atomic E-state index is -0.130. The molecule has 3 rings (SSSR count). The fourth-order valence-corrected chi connectivity index (χ4v) is 3.70. The highest BCUT2D eigenvalue weighted by Gasteiger charge is 2.36. The van der Waals surface area contributed by atoms with Gasteiger partial charge in [-0.25, -0.2) is 0 Å². The first-order valence-corrected chi connectivity index (χ1v) is 10.3. The van der Waals surface area contributed by atoms with Gasteiger partial charge in [0.05, 0.1) is 26.0 Å². The number of hydrogen-bond acceptors (Lipinski definition) is 4. The van der Waals surface area contributed by atoms with Crippen molar-refractivity contribution in [1.82, 2.24) is 14.8 Å². The molecule has 7 heteroatoms. The van der Waals surface area contributed by atoms with E-state index >= 15 is 0 Å². The summed E-state index contributed by atoms with van der Waals surface area (Å²) in [7, 11) is 3.21. The van der Waals surface area contributed by atoms with Crippen LogP contribution < -0.4 is 5.32 Å². The van der Waals surface area contributed by atoms with Gasteiger partial charge in [-0.15, -0.1) is 0 Å². The maximum Gasteiger partial charge on any atom is 0.274 e. The first-order chi connectivity index (χ1) is 15.0. The monoisotopic (exact) mass is 423 g/mol. The van der Waals surface area contributed by atoms with Crippen LogP contribution in [0.5, 0.6) is 0 Å². The van der Waals surface area contributed by atoms with Crippen LogP contribution >= 0.6 is 0 Å².